The Labute approximate surface area is 127 Å². The van der Waals surface area contributed by atoms with Crippen LogP contribution in [0.5, 0.6) is 0 Å². The van der Waals surface area contributed by atoms with E-state index in [4.69, 9.17) is 0 Å². The Hall–Kier alpha value is -1.14. The average molecular weight is 342 g/mol. The molecule has 110 valence electrons. The third-order valence-corrected chi connectivity index (χ3v) is 4.74. The maximum Gasteiger partial charge on any atom is 0.292 e. The first-order valence-corrected chi connectivity index (χ1v) is 7.86. The van der Waals surface area contributed by atoms with Crippen molar-refractivity contribution < 1.29 is 4.92 Å². The second-order valence-electron chi connectivity index (χ2n) is 5.48. The van der Waals surface area contributed by atoms with Gasteiger partial charge in [0.1, 0.15) is 5.69 Å². The Bertz CT molecular complexity index is 497. The van der Waals surface area contributed by atoms with Crippen LogP contribution in [0.3, 0.4) is 0 Å². The van der Waals surface area contributed by atoms with E-state index in [1.807, 2.05) is 12.1 Å². The topological polar surface area (TPSA) is 49.6 Å². The van der Waals surface area contributed by atoms with Crippen molar-refractivity contribution >= 4 is 27.3 Å². The summed E-state index contributed by atoms with van der Waals surface area (Å²) in [7, 11) is 2.11. The Morgan fingerprint density at radius 2 is 1.95 bits per heavy atom. The largest absolute Gasteiger partial charge is 0.363 e. The minimum absolute atomic E-state index is 0.200. The van der Waals surface area contributed by atoms with Crippen LogP contribution in [0.1, 0.15) is 19.4 Å². The number of piperazine rings is 1. The van der Waals surface area contributed by atoms with E-state index in [-0.39, 0.29) is 10.6 Å². The van der Waals surface area contributed by atoms with Crippen molar-refractivity contribution in [3.8, 4) is 0 Å². The fraction of sp³-hybridized carbons (Fsp3) is 0.571. The summed E-state index contributed by atoms with van der Waals surface area (Å²) in [4.78, 5) is 15.5. The van der Waals surface area contributed by atoms with Gasteiger partial charge in [-0.15, -0.1) is 0 Å². The van der Waals surface area contributed by atoms with Gasteiger partial charge in [-0.3, -0.25) is 15.0 Å². The van der Waals surface area contributed by atoms with Crippen LogP contribution >= 0.6 is 15.9 Å². The molecule has 20 heavy (non-hydrogen) atoms. The number of nitrogens with zero attached hydrogens (tertiary/aromatic N) is 3. The van der Waals surface area contributed by atoms with Gasteiger partial charge in [0.2, 0.25) is 0 Å². The van der Waals surface area contributed by atoms with Crippen LogP contribution < -0.4 is 4.90 Å². The number of nitro groups is 1. The smallest absolute Gasteiger partial charge is 0.292 e. The fourth-order valence-corrected chi connectivity index (χ4v) is 3.02. The second-order valence-corrected chi connectivity index (χ2v) is 6.04. The minimum Gasteiger partial charge on any atom is -0.363 e. The molecule has 0 bridgehead atoms. The number of rotatable bonds is 3. The van der Waals surface area contributed by atoms with Crippen LogP contribution in [0, 0.1) is 10.1 Å². The van der Waals surface area contributed by atoms with Gasteiger partial charge in [-0.05, 0) is 32.5 Å². The number of halogens is 1. The third kappa shape index (κ3) is 2.96. The highest BCUT2D eigenvalue weighted by atomic mass is 79.9. The van der Waals surface area contributed by atoms with Crippen LogP contribution in [0.4, 0.5) is 11.4 Å². The first-order chi connectivity index (χ1) is 9.43. The summed E-state index contributed by atoms with van der Waals surface area (Å²) in [5.74, 6) is 0. The average Bonchev–Trinajstić information content (AvgIpc) is 2.43. The van der Waals surface area contributed by atoms with E-state index < -0.39 is 0 Å². The summed E-state index contributed by atoms with van der Waals surface area (Å²) in [6.45, 7) is 5.94. The van der Waals surface area contributed by atoms with Crippen molar-refractivity contribution in [2.24, 2.45) is 0 Å². The van der Waals surface area contributed by atoms with E-state index in [0.29, 0.717) is 17.4 Å². The van der Waals surface area contributed by atoms with E-state index in [2.05, 4.69) is 46.6 Å². The highest BCUT2D eigenvalue weighted by Gasteiger charge is 2.30. The van der Waals surface area contributed by atoms with Crippen molar-refractivity contribution in [2.75, 3.05) is 25.0 Å². The summed E-state index contributed by atoms with van der Waals surface area (Å²) in [5, 5.41) is 11.9. The van der Waals surface area contributed by atoms with Crippen molar-refractivity contribution in [3.63, 3.8) is 0 Å². The molecule has 0 N–H and O–H groups in total. The minimum atomic E-state index is -0.283. The van der Waals surface area contributed by atoms with Gasteiger partial charge in [-0.25, -0.2) is 0 Å². The first-order valence-electron chi connectivity index (χ1n) is 6.74. The molecule has 0 aromatic heterocycles. The molecule has 1 aromatic rings. The fourth-order valence-electron chi connectivity index (χ4n) is 2.67. The van der Waals surface area contributed by atoms with Crippen LogP contribution in [0.25, 0.3) is 0 Å². The predicted octanol–water partition coefficient (Wildman–Crippen LogP) is 3.02. The highest BCUT2D eigenvalue weighted by molar-refractivity contribution is 9.08. The zero-order valence-corrected chi connectivity index (χ0v) is 13.6. The normalized spacial score (nSPS) is 23.9. The Morgan fingerprint density at radius 3 is 2.45 bits per heavy atom. The van der Waals surface area contributed by atoms with E-state index in [1.54, 1.807) is 6.07 Å². The van der Waals surface area contributed by atoms with Gasteiger partial charge >= 0.3 is 0 Å². The molecule has 1 heterocycles. The number of anilines is 1. The van der Waals surface area contributed by atoms with Crippen molar-refractivity contribution in [2.45, 2.75) is 31.3 Å². The number of benzene rings is 1. The molecule has 6 heteroatoms. The zero-order valence-electron chi connectivity index (χ0n) is 12.0. The molecule has 1 aliphatic rings. The lowest BCUT2D eigenvalue weighted by molar-refractivity contribution is -0.384. The molecule has 5 nitrogen and oxygen atoms in total. The molecule has 2 atom stereocenters. The molecule has 0 amide bonds. The molecule has 0 spiro atoms. The van der Waals surface area contributed by atoms with Gasteiger partial charge in [0, 0.05) is 36.6 Å². The van der Waals surface area contributed by atoms with E-state index in [1.165, 1.54) is 0 Å². The lowest BCUT2D eigenvalue weighted by atomic mass is 10.1. The van der Waals surface area contributed by atoms with E-state index >= 15 is 0 Å². The number of alkyl halides is 1. The summed E-state index contributed by atoms with van der Waals surface area (Å²) >= 11 is 3.35. The summed E-state index contributed by atoms with van der Waals surface area (Å²) in [6, 6.07) is 6.26. The molecule has 1 aromatic carbocycles. The molecule has 2 rings (SSSR count). The monoisotopic (exact) mass is 341 g/mol. The lowest BCUT2D eigenvalue weighted by Crippen LogP contribution is -2.55. The van der Waals surface area contributed by atoms with Gasteiger partial charge in [0.05, 0.1) is 4.92 Å². The van der Waals surface area contributed by atoms with Crippen LogP contribution in [0.2, 0.25) is 0 Å². The molecule has 1 fully saturated rings. The number of hydrogen-bond acceptors (Lipinski definition) is 4. The number of hydrogen-bond donors (Lipinski definition) is 0. The standard InChI is InChI=1S/C14H20BrN3O2/c1-10-8-17(9-11(2)16(10)3)13-5-4-12(7-15)6-14(13)18(19)20/h4-6,10-11H,7-9H2,1-3H3. The quantitative estimate of drug-likeness (QED) is 0.481. The summed E-state index contributed by atoms with van der Waals surface area (Å²) in [6.07, 6.45) is 0. The Balaban J connectivity index is 2.35. The van der Waals surface area contributed by atoms with E-state index in [9.17, 15) is 10.1 Å². The first kappa shape index (κ1) is 15.3. The predicted molar refractivity (Wildman–Crippen MR) is 84.6 cm³/mol. The summed E-state index contributed by atoms with van der Waals surface area (Å²) < 4.78 is 0. The van der Waals surface area contributed by atoms with Crippen molar-refractivity contribution in [1.29, 1.82) is 0 Å². The molecule has 0 radical (unpaired) electrons. The van der Waals surface area contributed by atoms with E-state index in [0.717, 1.165) is 24.3 Å². The Morgan fingerprint density at radius 1 is 1.35 bits per heavy atom. The van der Waals surface area contributed by atoms with Crippen LogP contribution in [0.15, 0.2) is 18.2 Å². The maximum absolute atomic E-state index is 11.3. The molecule has 2 unspecified atom stereocenters. The summed E-state index contributed by atoms with van der Waals surface area (Å²) in [5.41, 5.74) is 1.85. The van der Waals surface area contributed by atoms with Gasteiger partial charge in [-0.1, -0.05) is 22.0 Å². The van der Waals surface area contributed by atoms with Crippen LogP contribution in [-0.4, -0.2) is 42.0 Å². The van der Waals surface area contributed by atoms with Gasteiger partial charge < -0.3 is 4.90 Å². The molecular weight excluding hydrogens is 322 g/mol. The lowest BCUT2D eigenvalue weighted by Gasteiger charge is -2.43. The zero-order chi connectivity index (χ0) is 14.9. The molecule has 1 aliphatic heterocycles. The Kier molecular flexibility index (Phi) is 4.65. The van der Waals surface area contributed by atoms with Gasteiger partial charge in [-0.2, -0.15) is 0 Å². The SMILES string of the molecule is CC1CN(c2ccc(CBr)cc2[N+](=O)[O-])CC(C)N1C. The number of likely N-dealkylation sites (N-methyl/N-ethyl adjacent to an activating group) is 1. The van der Waals surface area contributed by atoms with Gasteiger partial charge in [0.15, 0.2) is 0 Å². The molecular formula is C14H20BrN3O2. The molecule has 1 saturated heterocycles. The highest BCUT2D eigenvalue weighted by Crippen LogP contribution is 2.32. The van der Waals surface area contributed by atoms with Gasteiger partial charge in [0.25, 0.3) is 5.69 Å². The van der Waals surface area contributed by atoms with Crippen molar-refractivity contribution in [3.05, 3.63) is 33.9 Å². The maximum atomic E-state index is 11.3. The molecule has 0 saturated carbocycles. The number of nitro benzene ring substituents is 1. The second kappa shape index (κ2) is 6.10. The van der Waals surface area contributed by atoms with Crippen LogP contribution in [-0.2, 0) is 5.33 Å². The third-order valence-electron chi connectivity index (χ3n) is 4.09. The molecule has 0 aliphatic carbocycles. The van der Waals surface area contributed by atoms with Crippen molar-refractivity contribution in [1.82, 2.24) is 4.90 Å².